The molecule has 0 fully saturated rings. The fourth-order valence-corrected chi connectivity index (χ4v) is 6.40. The molecular formula is C25H31N3O5S2. The van der Waals surface area contributed by atoms with Crippen molar-refractivity contribution in [3.63, 3.8) is 0 Å². The Morgan fingerprint density at radius 1 is 1.00 bits per heavy atom. The molecule has 3 rings (SSSR count). The topological polar surface area (TPSA) is 98.0 Å². The van der Waals surface area contributed by atoms with Crippen LogP contribution in [-0.4, -0.2) is 49.4 Å². The van der Waals surface area contributed by atoms with Gasteiger partial charge in [0.2, 0.25) is 10.0 Å². The smallest absolute Gasteiger partial charge is 0.325 e. The number of thiazole rings is 1. The first-order valence-electron chi connectivity index (χ1n) is 11.4. The Labute approximate surface area is 209 Å². The van der Waals surface area contributed by atoms with Gasteiger partial charge in [-0.05, 0) is 48.2 Å². The Morgan fingerprint density at radius 3 is 2.17 bits per heavy atom. The van der Waals surface area contributed by atoms with Crippen molar-refractivity contribution in [3.8, 4) is 0 Å². The summed E-state index contributed by atoms with van der Waals surface area (Å²) in [4.78, 5) is 29.6. The van der Waals surface area contributed by atoms with Crippen LogP contribution < -0.4 is 4.80 Å². The summed E-state index contributed by atoms with van der Waals surface area (Å²) in [7, 11) is -2.39. The molecule has 0 N–H and O–H groups in total. The molecule has 1 amide bonds. The van der Waals surface area contributed by atoms with Gasteiger partial charge in [0.15, 0.2) is 4.80 Å². The summed E-state index contributed by atoms with van der Waals surface area (Å²) in [5.41, 5.74) is 1.02. The van der Waals surface area contributed by atoms with Gasteiger partial charge in [-0.15, -0.1) is 0 Å². The van der Waals surface area contributed by atoms with E-state index in [-0.39, 0.29) is 28.8 Å². The Bertz CT molecular complexity index is 1360. The molecule has 3 aromatic rings. The second-order valence-electron chi connectivity index (χ2n) is 9.07. The quantitative estimate of drug-likeness (QED) is 0.401. The molecular weight excluding hydrogens is 486 g/mol. The zero-order valence-corrected chi connectivity index (χ0v) is 22.2. The van der Waals surface area contributed by atoms with E-state index in [4.69, 9.17) is 4.74 Å². The van der Waals surface area contributed by atoms with E-state index in [1.807, 2.05) is 52.0 Å². The van der Waals surface area contributed by atoms with E-state index in [9.17, 15) is 18.0 Å². The number of ether oxygens (including phenoxy) is 1. The summed E-state index contributed by atoms with van der Waals surface area (Å²) < 4.78 is 35.2. The monoisotopic (exact) mass is 517 g/mol. The molecule has 2 aromatic carbocycles. The van der Waals surface area contributed by atoms with Crippen LogP contribution in [0.15, 0.2) is 58.4 Å². The second-order valence-corrected chi connectivity index (χ2v) is 12.0. The number of esters is 1. The maximum absolute atomic E-state index is 13.2. The Kier molecular flexibility index (Phi) is 8.63. The summed E-state index contributed by atoms with van der Waals surface area (Å²) in [6.07, 6.45) is 0. The highest BCUT2D eigenvalue weighted by atomic mass is 32.2. The number of carbonyl (C=O) groups is 2. The van der Waals surface area contributed by atoms with Crippen LogP contribution in [0.1, 0.15) is 38.1 Å². The van der Waals surface area contributed by atoms with Gasteiger partial charge in [0.1, 0.15) is 6.54 Å². The highest BCUT2D eigenvalue weighted by Crippen LogP contribution is 2.20. The van der Waals surface area contributed by atoms with E-state index >= 15 is 0 Å². The van der Waals surface area contributed by atoms with Gasteiger partial charge in [-0.25, -0.2) is 8.42 Å². The fraction of sp³-hybridized carbons (Fsp3) is 0.400. The number of amides is 1. The van der Waals surface area contributed by atoms with E-state index in [2.05, 4.69) is 4.99 Å². The third kappa shape index (κ3) is 6.45. The van der Waals surface area contributed by atoms with E-state index in [0.717, 1.165) is 10.2 Å². The van der Waals surface area contributed by atoms with Crippen molar-refractivity contribution in [1.29, 1.82) is 0 Å². The van der Waals surface area contributed by atoms with E-state index in [0.29, 0.717) is 17.9 Å². The lowest BCUT2D eigenvalue weighted by atomic mass is 10.2. The molecule has 0 unspecified atom stereocenters. The van der Waals surface area contributed by atoms with Gasteiger partial charge in [-0.2, -0.15) is 9.30 Å². The molecule has 1 aromatic heterocycles. The second kappa shape index (κ2) is 11.3. The van der Waals surface area contributed by atoms with E-state index in [1.54, 1.807) is 4.57 Å². The van der Waals surface area contributed by atoms with Crippen LogP contribution in [-0.2, 0) is 26.1 Å². The number of aromatic nitrogens is 1. The number of fused-ring (bicyclic) bond motifs is 1. The van der Waals surface area contributed by atoms with Gasteiger partial charge < -0.3 is 9.30 Å². The maximum atomic E-state index is 13.2. The highest BCUT2D eigenvalue weighted by Gasteiger charge is 2.26. The number of benzene rings is 2. The van der Waals surface area contributed by atoms with E-state index < -0.39 is 21.9 Å². The zero-order chi connectivity index (χ0) is 25.8. The summed E-state index contributed by atoms with van der Waals surface area (Å²) in [6.45, 7) is 8.68. The third-order valence-corrected chi connectivity index (χ3v) is 8.08. The van der Waals surface area contributed by atoms with Gasteiger partial charge in [0, 0.05) is 18.7 Å². The zero-order valence-electron chi connectivity index (χ0n) is 20.6. The van der Waals surface area contributed by atoms with E-state index in [1.165, 1.54) is 47.0 Å². The highest BCUT2D eigenvalue weighted by molar-refractivity contribution is 7.89. The molecule has 0 saturated heterocycles. The molecule has 188 valence electrons. The Morgan fingerprint density at radius 2 is 1.60 bits per heavy atom. The van der Waals surface area contributed by atoms with Crippen molar-refractivity contribution in [1.82, 2.24) is 8.87 Å². The van der Waals surface area contributed by atoms with Crippen molar-refractivity contribution in [2.24, 2.45) is 16.8 Å². The average Bonchev–Trinajstić information content (AvgIpc) is 3.14. The molecule has 35 heavy (non-hydrogen) atoms. The fourth-order valence-electron chi connectivity index (χ4n) is 3.61. The average molecular weight is 518 g/mol. The first-order chi connectivity index (χ1) is 16.5. The lowest BCUT2D eigenvalue weighted by Crippen LogP contribution is -2.37. The Balaban J connectivity index is 1.94. The molecule has 0 radical (unpaired) electrons. The number of hydrogen-bond acceptors (Lipinski definition) is 6. The number of nitrogens with zero attached hydrogens (tertiary/aromatic N) is 3. The molecule has 0 spiro atoms. The van der Waals surface area contributed by atoms with Gasteiger partial charge in [0.05, 0.1) is 22.2 Å². The van der Waals surface area contributed by atoms with Gasteiger partial charge in [-0.3, -0.25) is 9.59 Å². The van der Waals surface area contributed by atoms with Crippen LogP contribution in [0, 0.1) is 11.8 Å². The standard InChI is InChI=1S/C25H31N3O5S2/c1-17(2)14-27(15-18(3)4)35(31,32)20-12-10-19(11-13-20)24(30)26-25-28(16-23(29)33-5)21-8-6-7-9-22(21)34-25/h6-13,17-18H,14-16H2,1-5H3. The largest absolute Gasteiger partial charge is 0.468 e. The predicted molar refractivity (Wildman–Crippen MR) is 137 cm³/mol. The van der Waals surface area contributed by atoms with Crippen molar-refractivity contribution < 1.29 is 22.7 Å². The third-order valence-electron chi connectivity index (χ3n) is 5.18. The number of sulfonamides is 1. The summed E-state index contributed by atoms with van der Waals surface area (Å²) in [5, 5.41) is 0. The van der Waals surface area contributed by atoms with Crippen molar-refractivity contribution in [2.75, 3.05) is 20.2 Å². The van der Waals surface area contributed by atoms with Crippen LogP contribution >= 0.6 is 11.3 Å². The lowest BCUT2D eigenvalue weighted by molar-refractivity contribution is -0.141. The minimum atomic E-state index is -3.70. The number of rotatable bonds is 9. The number of carbonyl (C=O) groups excluding carboxylic acids is 2. The van der Waals surface area contributed by atoms with Gasteiger partial charge >= 0.3 is 5.97 Å². The lowest BCUT2D eigenvalue weighted by Gasteiger charge is -2.25. The summed E-state index contributed by atoms with van der Waals surface area (Å²) in [5.74, 6) is -0.618. The molecule has 1 heterocycles. The van der Waals surface area contributed by atoms with Gasteiger partial charge in [-0.1, -0.05) is 51.2 Å². The molecule has 0 aliphatic rings. The molecule has 0 saturated carbocycles. The molecule has 10 heteroatoms. The number of para-hydroxylation sites is 1. The number of hydrogen-bond donors (Lipinski definition) is 0. The predicted octanol–water partition coefficient (Wildman–Crippen LogP) is 3.92. The molecule has 0 atom stereocenters. The number of methoxy groups -OCH3 is 1. The SMILES string of the molecule is COC(=O)Cn1c(=NC(=O)c2ccc(S(=O)(=O)N(CC(C)C)CC(C)C)cc2)sc2ccccc21. The molecule has 0 aliphatic heterocycles. The maximum Gasteiger partial charge on any atom is 0.325 e. The van der Waals surface area contributed by atoms with Crippen molar-refractivity contribution >= 4 is 43.5 Å². The first-order valence-corrected chi connectivity index (χ1v) is 13.6. The Hall–Kier alpha value is -2.82. The minimum Gasteiger partial charge on any atom is -0.468 e. The first kappa shape index (κ1) is 26.8. The van der Waals surface area contributed by atoms with Crippen LogP contribution in [0.5, 0.6) is 0 Å². The summed E-state index contributed by atoms with van der Waals surface area (Å²) >= 11 is 1.29. The van der Waals surface area contributed by atoms with Crippen molar-refractivity contribution in [3.05, 3.63) is 58.9 Å². The van der Waals surface area contributed by atoms with Gasteiger partial charge in [0.25, 0.3) is 5.91 Å². The minimum absolute atomic E-state index is 0.0780. The van der Waals surface area contributed by atoms with Crippen LogP contribution in [0.2, 0.25) is 0 Å². The van der Waals surface area contributed by atoms with Crippen LogP contribution in [0.4, 0.5) is 0 Å². The molecule has 0 aliphatic carbocycles. The van der Waals surface area contributed by atoms with Crippen LogP contribution in [0.25, 0.3) is 10.2 Å². The molecule has 0 bridgehead atoms. The van der Waals surface area contributed by atoms with Crippen LogP contribution in [0.3, 0.4) is 0 Å². The van der Waals surface area contributed by atoms with Crippen molar-refractivity contribution in [2.45, 2.75) is 39.1 Å². The normalized spacial score (nSPS) is 12.7. The molecule has 8 nitrogen and oxygen atoms in total. The summed E-state index contributed by atoms with van der Waals surface area (Å²) in [6, 6.07) is 13.3.